The summed E-state index contributed by atoms with van der Waals surface area (Å²) in [7, 11) is 1.80. The van der Waals surface area contributed by atoms with Crippen molar-refractivity contribution in [2.75, 3.05) is 51.6 Å². The van der Waals surface area contributed by atoms with Gasteiger partial charge in [0.25, 0.3) is 0 Å². The van der Waals surface area contributed by atoms with Gasteiger partial charge in [-0.3, -0.25) is 4.99 Å². The molecule has 0 aromatic heterocycles. The monoisotopic (exact) mass is 524 g/mol. The molecule has 0 atom stereocenters. The van der Waals surface area contributed by atoms with Crippen molar-refractivity contribution in [3.8, 4) is 11.5 Å². The maximum Gasteiger partial charge on any atom is 0.231 e. The predicted molar refractivity (Wildman–Crippen MR) is 129 cm³/mol. The van der Waals surface area contributed by atoms with Crippen molar-refractivity contribution in [1.82, 2.24) is 10.6 Å². The summed E-state index contributed by atoms with van der Waals surface area (Å²) in [6.07, 6.45) is 0.877. The van der Waals surface area contributed by atoms with E-state index in [1.807, 2.05) is 12.1 Å². The average molecular weight is 524 g/mol. The van der Waals surface area contributed by atoms with Crippen LogP contribution in [0.3, 0.4) is 0 Å². The van der Waals surface area contributed by atoms with Crippen LogP contribution in [0.25, 0.3) is 0 Å². The molecule has 7 nitrogen and oxygen atoms in total. The van der Waals surface area contributed by atoms with E-state index in [0.29, 0.717) is 6.79 Å². The highest BCUT2D eigenvalue weighted by Crippen LogP contribution is 2.32. The van der Waals surface area contributed by atoms with E-state index in [1.165, 1.54) is 16.8 Å². The molecule has 0 amide bonds. The van der Waals surface area contributed by atoms with Crippen molar-refractivity contribution in [2.24, 2.45) is 4.99 Å². The third-order valence-electron chi connectivity index (χ3n) is 5.16. The summed E-state index contributed by atoms with van der Waals surface area (Å²) in [6.45, 7) is 5.23. The smallest absolute Gasteiger partial charge is 0.231 e. The third kappa shape index (κ3) is 5.69. The minimum atomic E-state index is 0. The molecule has 2 aliphatic heterocycles. The van der Waals surface area contributed by atoms with Crippen LogP contribution in [0.4, 0.5) is 5.69 Å². The highest BCUT2D eigenvalue weighted by Gasteiger charge is 2.15. The molecular formula is C22H29IN4O3. The molecule has 0 bridgehead atoms. The number of hydrogen-bond donors (Lipinski definition) is 2. The lowest BCUT2D eigenvalue weighted by molar-refractivity contribution is 0.122. The first kappa shape index (κ1) is 22.5. The van der Waals surface area contributed by atoms with Crippen LogP contribution in [-0.4, -0.2) is 52.6 Å². The molecule has 0 radical (unpaired) electrons. The zero-order chi connectivity index (χ0) is 19.9. The molecule has 2 aliphatic rings. The van der Waals surface area contributed by atoms with Gasteiger partial charge in [0, 0.05) is 38.9 Å². The maximum absolute atomic E-state index is 5.48. The van der Waals surface area contributed by atoms with Gasteiger partial charge in [-0.1, -0.05) is 24.3 Å². The molecule has 162 valence electrons. The van der Waals surface area contributed by atoms with E-state index in [0.717, 1.165) is 63.3 Å². The van der Waals surface area contributed by atoms with E-state index in [-0.39, 0.29) is 24.0 Å². The first-order chi connectivity index (χ1) is 14.3. The van der Waals surface area contributed by atoms with Crippen molar-refractivity contribution in [2.45, 2.75) is 13.0 Å². The topological polar surface area (TPSA) is 67.4 Å². The number of rotatable bonds is 6. The number of guanidine groups is 1. The van der Waals surface area contributed by atoms with Crippen LogP contribution < -0.4 is 25.0 Å². The summed E-state index contributed by atoms with van der Waals surface area (Å²) in [5, 5.41) is 6.82. The second-order valence-corrected chi connectivity index (χ2v) is 7.02. The number of anilines is 1. The first-order valence-electron chi connectivity index (χ1n) is 10.1. The molecule has 2 aromatic rings. The Bertz CT molecular complexity index is 856. The molecule has 4 rings (SSSR count). The van der Waals surface area contributed by atoms with Crippen LogP contribution in [0.15, 0.2) is 47.5 Å². The zero-order valence-electron chi connectivity index (χ0n) is 17.2. The van der Waals surface area contributed by atoms with Crippen LogP contribution in [0.5, 0.6) is 11.5 Å². The standard InChI is InChI=1S/C22H28N4O3.HI/c1-23-22(24-9-8-17-6-7-20-21(14-17)29-16-28-20)25-15-18-4-2-3-5-19(18)26-10-12-27-13-11-26;/h2-7,14H,8-13,15-16H2,1H3,(H2,23,24,25);1H. The number of nitrogens with zero attached hydrogens (tertiary/aromatic N) is 2. The normalized spacial score (nSPS) is 15.5. The molecule has 1 saturated heterocycles. The Labute approximate surface area is 194 Å². The average Bonchev–Trinajstić information content (AvgIpc) is 3.25. The molecule has 2 heterocycles. The Kier molecular flexibility index (Phi) is 8.44. The van der Waals surface area contributed by atoms with Crippen LogP contribution in [-0.2, 0) is 17.7 Å². The number of aliphatic imine (C=N–C) groups is 1. The highest BCUT2D eigenvalue weighted by atomic mass is 127. The Morgan fingerprint density at radius 2 is 1.83 bits per heavy atom. The summed E-state index contributed by atoms with van der Waals surface area (Å²) in [5.41, 5.74) is 3.72. The molecular weight excluding hydrogens is 495 g/mol. The van der Waals surface area contributed by atoms with Crippen LogP contribution in [0, 0.1) is 0 Å². The highest BCUT2D eigenvalue weighted by molar-refractivity contribution is 14.0. The summed E-state index contributed by atoms with van der Waals surface area (Å²) in [4.78, 5) is 6.74. The molecule has 1 fully saturated rings. The fraction of sp³-hybridized carbons (Fsp3) is 0.409. The van der Waals surface area contributed by atoms with Gasteiger partial charge >= 0.3 is 0 Å². The van der Waals surface area contributed by atoms with E-state index < -0.39 is 0 Å². The lowest BCUT2D eigenvalue weighted by atomic mass is 10.1. The van der Waals surface area contributed by atoms with E-state index in [2.05, 4.69) is 50.9 Å². The molecule has 2 N–H and O–H groups in total. The Morgan fingerprint density at radius 3 is 2.67 bits per heavy atom. The number of benzene rings is 2. The molecule has 2 aromatic carbocycles. The number of hydrogen-bond acceptors (Lipinski definition) is 5. The summed E-state index contributed by atoms with van der Waals surface area (Å²) in [5.74, 6) is 2.44. The van der Waals surface area contributed by atoms with E-state index in [4.69, 9.17) is 14.2 Å². The largest absolute Gasteiger partial charge is 0.454 e. The van der Waals surface area contributed by atoms with Gasteiger partial charge in [-0.15, -0.1) is 24.0 Å². The Morgan fingerprint density at radius 1 is 1.03 bits per heavy atom. The molecule has 0 spiro atoms. The summed E-state index contributed by atoms with van der Waals surface area (Å²) >= 11 is 0. The first-order valence-corrected chi connectivity index (χ1v) is 10.1. The van der Waals surface area contributed by atoms with E-state index in [1.54, 1.807) is 7.05 Å². The van der Waals surface area contributed by atoms with Gasteiger partial charge in [0.05, 0.1) is 13.2 Å². The van der Waals surface area contributed by atoms with Crippen molar-refractivity contribution in [3.05, 3.63) is 53.6 Å². The molecule has 30 heavy (non-hydrogen) atoms. The van der Waals surface area contributed by atoms with Crippen LogP contribution >= 0.6 is 24.0 Å². The van der Waals surface area contributed by atoms with E-state index in [9.17, 15) is 0 Å². The van der Waals surface area contributed by atoms with Gasteiger partial charge in [0.15, 0.2) is 17.5 Å². The van der Waals surface area contributed by atoms with Crippen molar-refractivity contribution >= 4 is 35.6 Å². The van der Waals surface area contributed by atoms with Crippen molar-refractivity contribution < 1.29 is 14.2 Å². The van der Waals surface area contributed by atoms with Crippen molar-refractivity contribution in [1.29, 1.82) is 0 Å². The number of halogens is 1. The lowest BCUT2D eigenvalue weighted by Crippen LogP contribution is -2.39. The summed E-state index contributed by atoms with van der Waals surface area (Å²) < 4.78 is 16.3. The third-order valence-corrected chi connectivity index (χ3v) is 5.16. The quantitative estimate of drug-likeness (QED) is 0.344. The molecule has 0 saturated carbocycles. The minimum absolute atomic E-state index is 0. The fourth-order valence-corrected chi connectivity index (χ4v) is 3.59. The zero-order valence-corrected chi connectivity index (χ0v) is 19.6. The SMILES string of the molecule is CN=C(NCCc1ccc2c(c1)OCO2)NCc1ccccc1N1CCOCC1.I. The second kappa shape index (κ2) is 11.3. The summed E-state index contributed by atoms with van der Waals surface area (Å²) in [6, 6.07) is 14.6. The Hall–Kier alpha value is -2.20. The minimum Gasteiger partial charge on any atom is -0.454 e. The maximum atomic E-state index is 5.48. The van der Waals surface area contributed by atoms with Crippen LogP contribution in [0.2, 0.25) is 0 Å². The molecule has 0 aliphatic carbocycles. The van der Waals surface area contributed by atoms with E-state index >= 15 is 0 Å². The fourth-order valence-electron chi connectivity index (χ4n) is 3.59. The molecule has 8 heteroatoms. The number of fused-ring (bicyclic) bond motifs is 1. The van der Waals surface area contributed by atoms with Crippen molar-refractivity contribution in [3.63, 3.8) is 0 Å². The van der Waals surface area contributed by atoms with Gasteiger partial charge in [0.2, 0.25) is 6.79 Å². The van der Waals surface area contributed by atoms with Gasteiger partial charge in [-0.2, -0.15) is 0 Å². The number of morpholine rings is 1. The van der Waals surface area contributed by atoms with Gasteiger partial charge in [-0.25, -0.2) is 0 Å². The number of nitrogens with one attached hydrogen (secondary N) is 2. The Balaban J connectivity index is 0.00000256. The lowest BCUT2D eigenvalue weighted by Gasteiger charge is -2.30. The molecule has 0 unspecified atom stereocenters. The number of ether oxygens (including phenoxy) is 3. The predicted octanol–water partition coefficient (Wildman–Crippen LogP) is 2.78. The number of para-hydroxylation sites is 1. The second-order valence-electron chi connectivity index (χ2n) is 7.02. The van der Waals surface area contributed by atoms with Crippen LogP contribution in [0.1, 0.15) is 11.1 Å². The van der Waals surface area contributed by atoms with Gasteiger partial charge < -0.3 is 29.7 Å². The van der Waals surface area contributed by atoms with Gasteiger partial charge in [0.1, 0.15) is 0 Å². The van der Waals surface area contributed by atoms with Gasteiger partial charge in [-0.05, 0) is 35.7 Å².